The third kappa shape index (κ3) is 4.07. The Hall–Kier alpha value is -3.56. The van der Waals surface area contributed by atoms with E-state index in [9.17, 15) is 5.11 Å². The maximum absolute atomic E-state index is 10.0. The second kappa shape index (κ2) is 8.44. The minimum absolute atomic E-state index is 0.341. The van der Waals surface area contributed by atoms with Gasteiger partial charge in [0.05, 0.1) is 17.9 Å². The van der Waals surface area contributed by atoms with Gasteiger partial charge in [-0.1, -0.05) is 36.9 Å². The number of nitrogens with one attached hydrogen (secondary N) is 1. The molecule has 1 aromatic carbocycles. The SMILES string of the molecule is C=C/C(=C\N(C)C)c1cccc(-c2c#cc(-c3cn[nH]c3)c(N3CCC(O)C3)n2)c1. The zero-order chi connectivity index (χ0) is 21.1. The Kier molecular flexibility index (Phi) is 5.55. The zero-order valence-electron chi connectivity index (χ0n) is 17.3. The number of nitrogens with zero attached hydrogens (tertiary/aromatic N) is 4. The molecule has 1 aliphatic heterocycles. The highest BCUT2D eigenvalue weighted by atomic mass is 16.3. The third-order valence-corrected chi connectivity index (χ3v) is 5.08. The van der Waals surface area contributed by atoms with Crippen molar-refractivity contribution >= 4 is 11.4 Å². The van der Waals surface area contributed by atoms with E-state index in [1.165, 1.54) is 0 Å². The molecule has 0 aliphatic carbocycles. The third-order valence-electron chi connectivity index (χ3n) is 5.08. The molecule has 0 spiro atoms. The number of allylic oxidation sites excluding steroid dienone is 2. The molecule has 0 amide bonds. The number of benzene rings is 1. The molecular weight excluding hydrogens is 374 g/mol. The molecule has 3 heterocycles. The van der Waals surface area contributed by atoms with Gasteiger partial charge in [0.25, 0.3) is 0 Å². The summed E-state index contributed by atoms with van der Waals surface area (Å²) in [4.78, 5) is 9.03. The molecule has 2 N–H and O–H groups in total. The molecule has 0 saturated carbocycles. The second-order valence-corrected chi connectivity index (χ2v) is 7.62. The molecule has 30 heavy (non-hydrogen) atoms. The number of β-amino-alcohol motifs (C(OH)–C–C–N with tert-alkyl or cyclic N) is 1. The van der Waals surface area contributed by atoms with Crippen molar-refractivity contribution in [3.63, 3.8) is 0 Å². The molecule has 6 nitrogen and oxygen atoms in total. The smallest absolute Gasteiger partial charge is 0.146 e. The Morgan fingerprint density at radius 1 is 1.33 bits per heavy atom. The summed E-state index contributed by atoms with van der Waals surface area (Å²) in [6.45, 7) is 5.25. The van der Waals surface area contributed by atoms with Gasteiger partial charge in [-0.2, -0.15) is 5.10 Å². The lowest BCUT2D eigenvalue weighted by Crippen LogP contribution is -2.23. The van der Waals surface area contributed by atoms with Crippen LogP contribution in [0.4, 0.5) is 5.82 Å². The monoisotopic (exact) mass is 399 g/mol. The lowest BCUT2D eigenvalue weighted by Gasteiger charge is -2.19. The minimum atomic E-state index is -0.341. The first kappa shape index (κ1) is 19.7. The van der Waals surface area contributed by atoms with E-state index in [4.69, 9.17) is 4.98 Å². The lowest BCUT2D eigenvalue weighted by molar-refractivity contribution is 0.198. The summed E-state index contributed by atoms with van der Waals surface area (Å²) in [5.41, 5.74) is 5.49. The number of aliphatic hydroxyl groups excluding tert-OH is 1. The summed E-state index contributed by atoms with van der Waals surface area (Å²) in [6, 6.07) is 14.7. The van der Waals surface area contributed by atoms with E-state index in [1.807, 2.05) is 49.6 Å². The summed E-state index contributed by atoms with van der Waals surface area (Å²) < 4.78 is 0. The molecule has 1 aliphatic rings. The van der Waals surface area contributed by atoms with Gasteiger partial charge >= 0.3 is 0 Å². The highest BCUT2D eigenvalue weighted by Gasteiger charge is 2.24. The van der Waals surface area contributed by atoms with Crippen LogP contribution in [0.25, 0.3) is 28.0 Å². The number of hydrogen-bond acceptors (Lipinski definition) is 5. The molecule has 1 atom stereocenters. The fraction of sp³-hybridized carbons (Fsp3) is 0.250. The highest BCUT2D eigenvalue weighted by molar-refractivity contribution is 5.79. The van der Waals surface area contributed by atoms with Gasteiger partial charge in [0.15, 0.2) is 0 Å². The summed E-state index contributed by atoms with van der Waals surface area (Å²) in [5, 5.41) is 16.9. The molecule has 1 saturated heterocycles. The Balaban J connectivity index is 1.77. The average molecular weight is 399 g/mol. The van der Waals surface area contributed by atoms with Gasteiger partial charge in [-0.3, -0.25) is 5.10 Å². The van der Waals surface area contributed by atoms with Crippen LogP contribution in [-0.4, -0.2) is 58.5 Å². The number of H-pyrrole nitrogens is 1. The second-order valence-electron chi connectivity index (χ2n) is 7.62. The number of anilines is 1. The predicted octanol–water partition coefficient (Wildman–Crippen LogP) is 3.40. The molecule has 0 bridgehead atoms. The Bertz CT molecular complexity index is 1060. The van der Waals surface area contributed by atoms with Crippen molar-refractivity contribution in [2.75, 3.05) is 32.1 Å². The van der Waals surface area contributed by atoms with E-state index in [1.54, 1.807) is 6.20 Å². The summed E-state index contributed by atoms with van der Waals surface area (Å²) in [5.74, 6) is 0.792. The maximum atomic E-state index is 10.0. The zero-order valence-corrected chi connectivity index (χ0v) is 17.3. The predicted molar refractivity (Wildman–Crippen MR) is 120 cm³/mol. The Morgan fingerprint density at radius 2 is 2.20 bits per heavy atom. The first-order valence-corrected chi connectivity index (χ1v) is 9.94. The molecule has 1 unspecified atom stereocenters. The van der Waals surface area contributed by atoms with E-state index in [0.717, 1.165) is 46.6 Å². The Labute approximate surface area is 177 Å². The van der Waals surface area contributed by atoms with Gasteiger partial charge in [-0.05, 0) is 29.7 Å². The molecule has 152 valence electrons. The van der Waals surface area contributed by atoms with E-state index in [-0.39, 0.29) is 6.10 Å². The van der Waals surface area contributed by atoms with Crippen LogP contribution >= 0.6 is 0 Å². The summed E-state index contributed by atoms with van der Waals surface area (Å²) in [6.07, 6.45) is 7.84. The van der Waals surface area contributed by atoms with E-state index in [0.29, 0.717) is 12.2 Å². The van der Waals surface area contributed by atoms with Crippen LogP contribution in [0.3, 0.4) is 0 Å². The van der Waals surface area contributed by atoms with Crippen LogP contribution in [0.15, 0.2) is 55.5 Å². The van der Waals surface area contributed by atoms with Crippen molar-refractivity contribution in [1.82, 2.24) is 20.1 Å². The number of hydrogen-bond donors (Lipinski definition) is 2. The standard InChI is InChI=1S/C24H25N5O/c1-4-17(15-28(2)3)18-6-5-7-19(12-18)23-9-8-22(20-13-25-26-14-20)24(27-23)29-11-10-21(30)16-29/h4-7,12-15,21,30H,1,10-11,16H2,2-3H3,(H,25,26)/b17-15+. The van der Waals surface area contributed by atoms with Crippen molar-refractivity contribution in [3.05, 3.63) is 73.2 Å². The van der Waals surface area contributed by atoms with Gasteiger partial charge < -0.3 is 14.9 Å². The van der Waals surface area contributed by atoms with E-state index >= 15 is 0 Å². The van der Waals surface area contributed by atoms with Gasteiger partial charge in [0.1, 0.15) is 11.5 Å². The molecule has 0 radical (unpaired) electrons. The van der Waals surface area contributed by atoms with Gasteiger partial charge in [-0.25, -0.2) is 4.98 Å². The summed E-state index contributed by atoms with van der Waals surface area (Å²) >= 11 is 0. The van der Waals surface area contributed by atoms with Crippen LogP contribution in [0, 0.1) is 12.1 Å². The molecule has 3 aromatic rings. The molecule has 4 rings (SSSR count). The fourth-order valence-corrected chi connectivity index (χ4v) is 3.63. The van der Waals surface area contributed by atoms with Crippen LogP contribution in [-0.2, 0) is 0 Å². The molecule has 6 heteroatoms. The summed E-state index contributed by atoms with van der Waals surface area (Å²) in [7, 11) is 3.98. The minimum Gasteiger partial charge on any atom is -0.391 e. The number of aliphatic hydroxyl groups is 1. The topological polar surface area (TPSA) is 68.3 Å². The van der Waals surface area contributed by atoms with E-state index in [2.05, 4.69) is 45.9 Å². The van der Waals surface area contributed by atoms with Crippen LogP contribution in [0.5, 0.6) is 0 Å². The normalized spacial score (nSPS) is 16.4. The van der Waals surface area contributed by atoms with Gasteiger partial charge in [0, 0.05) is 50.7 Å². The van der Waals surface area contributed by atoms with Crippen molar-refractivity contribution in [2.45, 2.75) is 12.5 Å². The first-order chi connectivity index (χ1) is 14.5. The quantitative estimate of drug-likeness (QED) is 0.622. The largest absolute Gasteiger partial charge is 0.391 e. The van der Waals surface area contributed by atoms with Crippen LogP contribution < -0.4 is 4.90 Å². The van der Waals surface area contributed by atoms with Crippen molar-refractivity contribution < 1.29 is 5.11 Å². The maximum Gasteiger partial charge on any atom is 0.146 e. The average Bonchev–Trinajstić information content (AvgIpc) is 3.43. The highest BCUT2D eigenvalue weighted by Crippen LogP contribution is 2.32. The van der Waals surface area contributed by atoms with Gasteiger partial charge in [-0.15, -0.1) is 0 Å². The van der Waals surface area contributed by atoms with Crippen LogP contribution in [0.1, 0.15) is 12.0 Å². The van der Waals surface area contributed by atoms with Crippen molar-refractivity contribution in [3.8, 4) is 22.4 Å². The Morgan fingerprint density at radius 3 is 2.87 bits per heavy atom. The lowest BCUT2D eigenvalue weighted by atomic mass is 10.0. The van der Waals surface area contributed by atoms with Crippen molar-refractivity contribution in [1.29, 1.82) is 0 Å². The molecule has 2 aromatic heterocycles. The fourth-order valence-electron chi connectivity index (χ4n) is 3.63. The molecular formula is C24H25N5O. The molecule has 1 fully saturated rings. The number of aromatic amines is 1. The van der Waals surface area contributed by atoms with E-state index < -0.39 is 0 Å². The van der Waals surface area contributed by atoms with Gasteiger partial charge in [0.2, 0.25) is 0 Å². The van der Waals surface area contributed by atoms with Crippen LogP contribution in [0.2, 0.25) is 0 Å². The first-order valence-electron chi connectivity index (χ1n) is 9.94. The van der Waals surface area contributed by atoms with Crippen molar-refractivity contribution in [2.24, 2.45) is 0 Å². The number of rotatable bonds is 6. The number of aromatic nitrogens is 3.